The normalized spacial score (nSPS) is 19.5. The Morgan fingerprint density at radius 2 is 2.15 bits per heavy atom. The number of sulfonamides is 1. The zero-order valence-electron chi connectivity index (χ0n) is 19.1. The fraction of sp³-hybridized carbons (Fsp3) is 0.409. The SMILES string of the molecule is Cc1ccc(C(=O)N[C@@H]2CCCN(c3cc(C4=CCN(S(C)(=O)=O)C4)n4ncnc(N)c34)C2)s1. The van der Waals surface area contributed by atoms with Crippen LogP contribution in [0.15, 0.2) is 30.6 Å². The van der Waals surface area contributed by atoms with Crippen LogP contribution in [-0.2, 0) is 10.0 Å². The van der Waals surface area contributed by atoms with Crippen molar-refractivity contribution in [1.82, 2.24) is 24.2 Å². The summed E-state index contributed by atoms with van der Waals surface area (Å²) in [6.07, 6.45) is 6.34. The number of nitrogens with one attached hydrogen (secondary N) is 1. The molecule has 2 aliphatic heterocycles. The maximum Gasteiger partial charge on any atom is 0.261 e. The number of carbonyl (C=O) groups is 1. The summed E-state index contributed by atoms with van der Waals surface area (Å²) in [5, 5.41) is 7.59. The predicted molar refractivity (Wildman–Crippen MR) is 134 cm³/mol. The minimum atomic E-state index is -3.29. The Morgan fingerprint density at radius 1 is 1.32 bits per heavy atom. The van der Waals surface area contributed by atoms with Crippen LogP contribution in [0.2, 0.25) is 0 Å². The van der Waals surface area contributed by atoms with Gasteiger partial charge in [-0.3, -0.25) is 4.79 Å². The zero-order chi connectivity index (χ0) is 24.0. The Morgan fingerprint density at radius 3 is 2.85 bits per heavy atom. The highest BCUT2D eigenvalue weighted by atomic mass is 32.2. The smallest absolute Gasteiger partial charge is 0.261 e. The van der Waals surface area contributed by atoms with Gasteiger partial charge in [-0.25, -0.2) is 17.9 Å². The van der Waals surface area contributed by atoms with E-state index >= 15 is 0 Å². The van der Waals surface area contributed by atoms with Gasteiger partial charge in [-0.05, 0) is 43.5 Å². The van der Waals surface area contributed by atoms with Crippen molar-refractivity contribution in [3.8, 4) is 0 Å². The average Bonchev–Trinajstić information content (AvgIpc) is 3.52. The van der Waals surface area contributed by atoms with Crippen molar-refractivity contribution in [3.05, 3.63) is 46.1 Å². The number of anilines is 2. The van der Waals surface area contributed by atoms with Crippen molar-refractivity contribution in [2.45, 2.75) is 25.8 Å². The van der Waals surface area contributed by atoms with Gasteiger partial charge in [0, 0.05) is 37.1 Å². The largest absolute Gasteiger partial charge is 0.382 e. The van der Waals surface area contributed by atoms with Gasteiger partial charge in [0.05, 0.1) is 22.5 Å². The van der Waals surface area contributed by atoms with Crippen LogP contribution in [0.4, 0.5) is 11.5 Å². The molecule has 3 aromatic rings. The Bertz CT molecular complexity index is 1390. The second-order valence-electron chi connectivity index (χ2n) is 8.77. The van der Waals surface area contributed by atoms with Gasteiger partial charge in [0.25, 0.3) is 5.91 Å². The highest BCUT2D eigenvalue weighted by Gasteiger charge is 2.29. The lowest BCUT2D eigenvalue weighted by Crippen LogP contribution is -2.47. The van der Waals surface area contributed by atoms with E-state index in [-0.39, 0.29) is 18.5 Å². The highest BCUT2D eigenvalue weighted by molar-refractivity contribution is 7.88. The van der Waals surface area contributed by atoms with Crippen LogP contribution >= 0.6 is 11.3 Å². The van der Waals surface area contributed by atoms with Crippen LogP contribution in [0.25, 0.3) is 11.1 Å². The Kier molecular flexibility index (Phi) is 5.82. The molecule has 1 atom stereocenters. The van der Waals surface area contributed by atoms with Crippen molar-refractivity contribution in [3.63, 3.8) is 0 Å². The summed E-state index contributed by atoms with van der Waals surface area (Å²) in [7, 11) is -3.29. The van der Waals surface area contributed by atoms with Gasteiger partial charge < -0.3 is 16.0 Å². The van der Waals surface area contributed by atoms with E-state index in [1.165, 1.54) is 28.2 Å². The van der Waals surface area contributed by atoms with Crippen LogP contribution < -0.4 is 16.0 Å². The summed E-state index contributed by atoms with van der Waals surface area (Å²) in [5.74, 6) is 0.308. The number of aryl methyl sites for hydroxylation is 1. The number of amides is 1. The molecule has 0 bridgehead atoms. The van der Waals surface area contributed by atoms with E-state index in [9.17, 15) is 13.2 Å². The Labute approximate surface area is 202 Å². The monoisotopic (exact) mass is 501 g/mol. The molecule has 12 heteroatoms. The van der Waals surface area contributed by atoms with Crippen molar-refractivity contribution < 1.29 is 13.2 Å². The molecule has 1 fully saturated rings. The van der Waals surface area contributed by atoms with E-state index in [4.69, 9.17) is 5.73 Å². The lowest BCUT2D eigenvalue weighted by Gasteiger charge is -2.34. The van der Waals surface area contributed by atoms with Crippen LogP contribution in [0.1, 0.15) is 33.1 Å². The first kappa shape index (κ1) is 22.8. The summed E-state index contributed by atoms with van der Waals surface area (Å²) >= 11 is 1.49. The van der Waals surface area contributed by atoms with Crippen LogP contribution in [0.5, 0.6) is 0 Å². The fourth-order valence-corrected chi connectivity index (χ4v) is 6.10. The van der Waals surface area contributed by atoms with E-state index in [1.807, 2.05) is 31.2 Å². The predicted octanol–water partition coefficient (Wildman–Crippen LogP) is 1.74. The summed E-state index contributed by atoms with van der Waals surface area (Å²) in [6, 6.07) is 5.81. The van der Waals surface area contributed by atoms with E-state index in [0.717, 1.165) is 41.2 Å². The maximum absolute atomic E-state index is 12.7. The molecule has 0 aromatic carbocycles. The van der Waals surface area contributed by atoms with Gasteiger partial charge in [0.1, 0.15) is 11.8 Å². The number of thiophene rings is 1. The molecule has 10 nitrogen and oxygen atoms in total. The molecule has 0 aliphatic carbocycles. The standard InChI is InChI=1S/C22H27N7O3S2/c1-14-5-6-19(33-14)22(30)26-16-4-3-8-27(12-16)18-10-17(29-20(18)21(23)24-13-25-29)15-7-9-28(11-15)34(2,31)32/h5-7,10,13,16H,3-4,8-9,11-12H2,1-2H3,(H,26,30)(H2,23,24,25)/t16-/m1/s1. The van der Waals surface area contributed by atoms with Gasteiger partial charge in [-0.15, -0.1) is 11.3 Å². The quantitative estimate of drug-likeness (QED) is 0.545. The molecule has 1 saturated heterocycles. The first-order chi connectivity index (χ1) is 16.2. The molecule has 5 heterocycles. The summed E-state index contributed by atoms with van der Waals surface area (Å²) in [4.78, 5) is 20.9. The van der Waals surface area contributed by atoms with Crippen LogP contribution in [-0.4, -0.2) is 71.7 Å². The molecule has 5 rings (SSSR count). The molecule has 0 saturated carbocycles. The second kappa shape index (κ2) is 8.67. The number of nitrogens with zero attached hydrogens (tertiary/aromatic N) is 5. The van der Waals surface area contributed by atoms with E-state index in [0.29, 0.717) is 29.3 Å². The van der Waals surface area contributed by atoms with E-state index < -0.39 is 10.0 Å². The molecule has 2 aliphatic rings. The van der Waals surface area contributed by atoms with Crippen molar-refractivity contribution in [2.24, 2.45) is 0 Å². The molecular formula is C22H27N7O3S2. The van der Waals surface area contributed by atoms with E-state index in [2.05, 4.69) is 20.3 Å². The van der Waals surface area contributed by atoms with Crippen molar-refractivity contribution in [1.29, 1.82) is 0 Å². The number of hydrogen-bond acceptors (Lipinski definition) is 8. The lowest BCUT2D eigenvalue weighted by atomic mass is 10.0. The van der Waals surface area contributed by atoms with Crippen molar-refractivity contribution >= 4 is 49.9 Å². The number of aromatic nitrogens is 3. The molecule has 0 unspecified atom stereocenters. The molecular weight excluding hydrogens is 474 g/mol. The molecule has 3 N–H and O–H groups in total. The Balaban J connectivity index is 1.43. The molecule has 34 heavy (non-hydrogen) atoms. The third kappa shape index (κ3) is 4.28. The molecule has 1 amide bonds. The number of hydrogen-bond donors (Lipinski definition) is 2. The first-order valence-corrected chi connectivity index (χ1v) is 13.8. The number of fused-ring (bicyclic) bond motifs is 1. The maximum atomic E-state index is 12.7. The third-order valence-corrected chi connectivity index (χ3v) is 8.53. The minimum Gasteiger partial charge on any atom is -0.382 e. The zero-order valence-corrected chi connectivity index (χ0v) is 20.7. The van der Waals surface area contributed by atoms with Crippen molar-refractivity contribution in [2.75, 3.05) is 43.1 Å². The summed E-state index contributed by atoms with van der Waals surface area (Å²) < 4.78 is 27.2. The van der Waals surface area contributed by atoms with Gasteiger partial charge in [0.2, 0.25) is 10.0 Å². The van der Waals surface area contributed by atoms with Gasteiger partial charge >= 0.3 is 0 Å². The molecule has 180 valence electrons. The molecule has 0 spiro atoms. The topological polar surface area (TPSA) is 126 Å². The highest BCUT2D eigenvalue weighted by Crippen LogP contribution is 2.35. The van der Waals surface area contributed by atoms with Gasteiger partial charge in [0.15, 0.2) is 5.82 Å². The average molecular weight is 502 g/mol. The fourth-order valence-electron chi connectivity index (χ4n) is 4.61. The van der Waals surface area contributed by atoms with E-state index in [1.54, 1.807) is 4.52 Å². The first-order valence-electron chi connectivity index (χ1n) is 11.1. The number of piperidine rings is 1. The number of nitrogen functional groups attached to an aromatic ring is 1. The minimum absolute atomic E-state index is 0.000617. The van der Waals surface area contributed by atoms with Gasteiger partial charge in [-0.1, -0.05) is 6.08 Å². The molecule has 0 radical (unpaired) electrons. The number of nitrogens with two attached hydrogens (primary N) is 1. The van der Waals surface area contributed by atoms with Gasteiger partial charge in [-0.2, -0.15) is 9.40 Å². The molecule has 3 aromatic heterocycles. The second-order valence-corrected chi connectivity index (χ2v) is 12.0. The Hall–Kier alpha value is -2.96. The summed E-state index contributed by atoms with van der Waals surface area (Å²) in [5.41, 5.74) is 9.52. The number of rotatable bonds is 5. The lowest BCUT2D eigenvalue weighted by molar-refractivity contribution is 0.0937. The number of carbonyl (C=O) groups excluding carboxylic acids is 1. The third-order valence-electron chi connectivity index (χ3n) is 6.31. The summed E-state index contributed by atoms with van der Waals surface area (Å²) in [6.45, 7) is 4.05. The van der Waals surface area contributed by atoms with Crippen LogP contribution in [0.3, 0.4) is 0 Å². The van der Waals surface area contributed by atoms with Crippen LogP contribution in [0, 0.1) is 6.92 Å².